The average molecular weight is 300 g/mol. The standard InChI is InChI=1S/C17H20N2O3/c20-15-14(11-12-7-3-1-4-8-12)16(21)19(17(22)18-15)13-9-5-2-6-10-13/h2,5-6,9-10,12,14H,1,3-4,7-8,11H2,(H,18,20,22). The molecule has 1 aromatic rings. The van der Waals surface area contributed by atoms with E-state index in [0.29, 0.717) is 18.0 Å². The van der Waals surface area contributed by atoms with Crippen LogP contribution in [0.3, 0.4) is 0 Å². The summed E-state index contributed by atoms with van der Waals surface area (Å²) in [5.41, 5.74) is 0.506. The lowest BCUT2D eigenvalue weighted by atomic mass is 9.81. The molecule has 3 rings (SSSR count). The van der Waals surface area contributed by atoms with E-state index in [9.17, 15) is 14.4 Å². The zero-order valence-electron chi connectivity index (χ0n) is 12.5. The van der Waals surface area contributed by atoms with Gasteiger partial charge in [0.15, 0.2) is 0 Å². The lowest BCUT2D eigenvalue weighted by molar-refractivity contribution is -0.135. The molecule has 0 radical (unpaired) electrons. The maximum absolute atomic E-state index is 12.7. The molecule has 116 valence electrons. The second-order valence-corrected chi connectivity index (χ2v) is 6.10. The van der Waals surface area contributed by atoms with Gasteiger partial charge in [-0.15, -0.1) is 0 Å². The summed E-state index contributed by atoms with van der Waals surface area (Å²) in [4.78, 5) is 37.9. The number of para-hydroxylation sites is 1. The third kappa shape index (κ3) is 2.89. The summed E-state index contributed by atoms with van der Waals surface area (Å²) >= 11 is 0. The molecule has 1 unspecified atom stereocenters. The van der Waals surface area contributed by atoms with Gasteiger partial charge in [0.2, 0.25) is 11.8 Å². The number of barbiturate groups is 1. The number of carbonyl (C=O) groups excluding carboxylic acids is 3. The molecule has 22 heavy (non-hydrogen) atoms. The van der Waals surface area contributed by atoms with Gasteiger partial charge in [0, 0.05) is 0 Å². The van der Waals surface area contributed by atoms with Crippen LogP contribution >= 0.6 is 0 Å². The number of hydrogen-bond acceptors (Lipinski definition) is 3. The molecule has 1 saturated heterocycles. The number of nitrogens with one attached hydrogen (secondary N) is 1. The summed E-state index contributed by atoms with van der Waals surface area (Å²) in [6.45, 7) is 0. The van der Waals surface area contributed by atoms with Crippen molar-refractivity contribution in [1.82, 2.24) is 5.32 Å². The number of anilines is 1. The Morgan fingerprint density at radius 2 is 1.68 bits per heavy atom. The summed E-state index contributed by atoms with van der Waals surface area (Å²) in [5, 5.41) is 2.33. The molecule has 5 nitrogen and oxygen atoms in total. The lowest BCUT2D eigenvalue weighted by Crippen LogP contribution is -2.58. The van der Waals surface area contributed by atoms with Gasteiger partial charge in [-0.05, 0) is 24.5 Å². The van der Waals surface area contributed by atoms with E-state index >= 15 is 0 Å². The number of rotatable bonds is 3. The van der Waals surface area contributed by atoms with Gasteiger partial charge in [0.25, 0.3) is 0 Å². The van der Waals surface area contributed by atoms with E-state index in [2.05, 4.69) is 5.32 Å². The first-order chi connectivity index (χ1) is 10.7. The fourth-order valence-corrected chi connectivity index (χ4v) is 3.40. The predicted molar refractivity (Wildman–Crippen MR) is 82.1 cm³/mol. The van der Waals surface area contributed by atoms with Crippen LogP contribution in [0.4, 0.5) is 10.5 Å². The SMILES string of the molecule is O=C1NC(=O)N(c2ccccc2)C(=O)C1CC1CCCCC1. The van der Waals surface area contributed by atoms with E-state index in [1.54, 1.807) is 24.3 Å². The smallest absolute Gasteiger partial charge is 0.277 e. The van der Waals surface area contributed by atoms with E-state index in [1.807, 2.05) is 6.07 Å². The Hall–Kier alpha value is -2.17. The minimum Gasteiger partial charge on any atom is -0.277 e. The summed E-state index contributed by atoms with van der Waals surface area (Å²) < 4.78 is 0. The summed E-state index contributed by atoms with van der Waals surface area (Å²) in [6, 6.07) is 8.10. The van der Waals surface area contributed by atoms with Crippen molar-refractivity contribution in [3.8, 4) is 0 Å². The second kappa shape index (κ2) is 6.30. The van der Waals surface area contributed by atoms with Crippen molar-refractivity contribution in [3.63, 3.8) is 0 Å². The van der Waals surface area contributed by atoms with Crippen molar-refractivity contribution in [2.75, 3.05) is 4.90 Å². The number of hydrogen-bond donors (Lipinski definition) is 1. The van der Waals surface area contributed by atoms with Gasteiger partial charge in [0.05, 0.1) is 5.69 Å². The van der Waals surface area contributed by atoms with Crippen molar-refractivity contribution in [3.05, 3.63) is 30.3 Å². The van der Waals surface area contributed by atoms with Crippen LogP contribution < -0.4 is 10.2 Å². The van der Waals surface area contributed by atoms with Crippen molar-refractivity contribution in [2.45, 2.75) is 38.5 Å². The molecule has 1 heterocycles. The highest BCUT2D eigenvalue weighted by atomic mass is 16.2. The van der Waals surface area contributed by atoms with Crippen LogP contribution in [-0.2, 0) is 9.59 Å². The Kier molecular flexibility index (Phi) is 4.22. The molecule has 1 aliphatic carbocycles. The molecule has 1 saturated carbocycles. The van der Waals surface area contributed by atoms with Crippen LogP contribution in [0.15, 0.2) is 30.3 Å². The highest BCUT2D eigenvalue weighted by Crippen LogP contribution is 2.31. The average Bonchev–Trinajstić information content (AvgIpc) is 2.53. The number of amides is 4. The molecule has 1 N–H and O–H groups in total. The van der Waals surface area contributed by atoms with Crippen LogP contribution in [0, 0.1) is 11.8 Å². The van der Waals surface area contributed by atoms with Crippen LogP contribution in [0.2, 0.25) is 0 Å². The van der Waals surface area contributed by atoms with E-state index in [0.717, 1.165) is 30.6 Å². The molecule has 4 amide bonds. The Bertz CT molecular complexity index is 579. The van der Waals surface area contributed by atoms with Crippen molar-refractivity contribution < 1.29 is 14.4 Å². The molecule has 2 fully saturated rings. The molecule has 5 heteroatoms. The minimum absolute atomic E-state index is 0.398. The van der Waals surface area contributed by atoms with Crippen molar-refractivity contribution in [2.24, 2.45) is 11.8 Å². The largest absolute Gasteiger partial charge is 0.335 e. The Morgan fingerprint density at radius 1 is 1.00 bits per heavy atom. The van der Waals surface area contributed by atoms with Gasteiger partial charge in [-0.25, -0.2) is 9.69 Å². The maximum Gasteiger partial charge on any atom is 0.335 e. The van der Waals surface area contributed by atoms with Gasteiger partial charge in [-0.1, -0.05) is 50.3 Å². The number of nitrogens with zero attached hydrogens (tertiary/aromatic N) is 1. The Labute approximate surface area is 129 Å². The van der Waals surface area contributed by atoms with Gasteiger partial charge in [-0.3, -0.25) is 14.9 Å². The van der Waals surface area contributed by atoms with E-state index in [4.69, 9.17) is 0 Å². The molecular weight excluding hydrogens is 280 g/mol. The number of benzene rings is 1. The molecule has 0 spiro atoms. The van der Waals surface area contributed by atoms with Gasteiger partial charge in [-0.2, -0.15) is 0 Å². The van der Waals surface area contributed by atoms with Crippen LogP contribution in [0.25, 0.3) is 0 Å². The van der Waals surface area contributed by atoms with Crippen LogP contribution in [0.5, 0.6) is 0 Å². The normalized spacial score (nSPS) is 23.5. The van der Waals surface area contributed by atoms with E-state index in [1.165, 1.54) is 6.42 Å². The predicted octanol–water partition coefficient (Wildman–Crippen LogP) is 2.86. The van der Waals surface area contributed by atoms with Crippen molar-refractivity contribution in [1.29, 1.82) is 0 Å². The maximum atomic E-state index is 12.7. The molecule has 1 atom stereocenters. The van der Waals surface area contributed by atoms with E-state index in [-0.39, 0.29) is 0 Å². The Balaban J connectivity index is 1.79. The summed E-state index contributed by atoms with van der Waals surface area (Å²) in [5.74, 6) is -1.20. The summed E-state index contributed by atoms with van der Waals surface area (Å²) in [6.07, 6.45) is 6.23. The zero-order chi connectivity index (χ0) is 15.5. The monoisotopic (exact) mass is 300 g/mol. The third-order valence-corrected chi connectivity index (χ3v) is 4.58. The first-order valence-electron chi connectivity index (χ1n) is 7.90. The molecule has 1 aromatic carbocycles. The van der Waals surface area contributed by atoms with Crippen LogP contribution in [0.1, 0.15) is 38.5 Å². The van der Waals surface area contributed by atoms with Crippen LogP contribution in [-0.4, -0.2) is 17.8 Å². The fourth-order valence-electron chi connectivity index (χ4n) is 3.40. The number of carbonyl (C=O) groups is 3. The zero-order valence-corrected chi connectivity index (χ0v) is 12.5. The third-order valence-electron chi connectivity index (χ3n) is 4.58. The topological polar surface area (TPSA) is 66.5 Å². The first-order valence-corrected chi connectivity index (χ1v) is 7.90. The highest BCUT2D eigenvalue weighted by molar-refractivity contribution is 6.27. The fraction of sp³-hybridized carbons (Fsp3) is 0.471. The molecule has 0 bridgehead atoms. The summed E-state index contributed by atoms with van der Waals surface area (Å²) in [7, 11) is 0. The van der Waals surface area contributed by atoms with E-state index < -0.39 is 23.8 Å². The highest BCUT2D eigenvalue weighted by Gasteiger charge is 2.42. The quantitative estimate of drug-likeness (QED) is 0.873. The number of urea groups is 1. The van der Waals surface area contributed by atoms with Gasteiger partial charge < -0.3 is 0 Å². The molecular formula is C17H20N2O3. The van der Waals surface area contributed by atoms with Gasteiger partial charge >= 0.3 is 6.03 Å². The Morgan fingerprint density at radius 3 is 2.36 bits per heavy atom. The van der Waals surface area contributed by atoms with Gasteiger partial charge in [0.1, 0.15) is 5.92 Å². The molecule has 2 aliphatic rings. The lowest BCUT2D eigenvalue weighted by Gasteiger charge is -2.32. The minimum atomic E-state index is -0.749. The first kappa shape index (κ1) is 14.8. The molecule has 1 aliphatic heterocycles. The van der Waals surface area contributed by atoms with Crippen molar-refractivity contribution >= 4 is 23.5 Å². The molecule has 0 aromatic heterocycles. The second-order valence-electron chi connectivity index (χ2n) is 6.10. The number of imide groups is 2.